The minimum atomic E-state index is -3.39. The molecule has 0 amide bonds. The average Bonchev–Trinajstić information content (AvgIpc) is 3.09. The molecule has 1 saturated heterocycles. The SMILES string of the molecule is CS(=O)(=O)Nc1ccc(OCCN2CCC(C3Cc4ccc(NS(C)(=O)=O)cc4C3=O)CC2)cc1. The molecular weight excluding hydrogens is 490 g/mol. The van der Waals surface area contributed by atoms with E-state index in [0.717, 1.165) is 50.6 Å². The van der Waals surface area contributed by atoms with Gasteiger partial charge in [-0.3, -0.25) is 19.1 Å². The van der Waals surface area contributed by atoms with Gasteiger partial charge in [0.25, 0.3) is 0 Å². The molecule has 2 N–H and O–H groups in total. The lowest BCUT2D eigenvalue weighted by Crippen LogP contribution is -2.39. The summed E-state index contributed by atoms with van der Waals surface area (Å²) in [6, 6.07) is 12.0. The fraction of sp³-hybridized carbons (Fsp3) is 0.458. The second-order valence-electron chi connectivity index (χ2n) is 9.35. The summed E-state index contributed by atoms with van der Waals surface area (Å²) in [4.78, 5) is 15.4. The lowest BCUT2D eigenvalue weighted by atomic mass is 9.82. The van der Waals surface area contributed by atoms with Crippen LogP contribution in [-0.2, 0) is 26.5 Å². The summed E-state index contributed by atoms with van der Waals surface area (Å²) in [5.41, 5.74) is 2.55. The van der Waals surface area contributed by atoms with Crippen molar-refractivity contribution in [1.29, 1.82) is 0 Å². The highest BCUT2D eigenvalue weighted by molar-refractivity contribution is 7.92. The molecule has 2 aliphatic rings. The van der Waals surface area contributed by atoms with Crippen LogP contribution in [0.25, 0.3) is 0 Å². The first-order chi connectivity index (χ1) is 16.5. The Hall–Kier alpha value is -2.63. The van der Waals surface area contributed by atoms with E-state index in [4.69, 9.17) is 4.74 Å². The van der Waals surface area contributed by atoms with E-state index < -0.39 is 20.0 Å². The van der Waals surface area contributed by atoms with Crippen LogP contribution in [0.15, 0.2) is 42.5 Å². The molecule has 11 heteroatoms. The second-order valence-corrected chi connectivity index (χ2v) is 12.8. The van der Waals surface area contributed by atoms with Gasteiger partial charge in [-0.2, -0.15) is 0 Å². The molecule has 0 radical (unpaired) electrons. The van der Waals surface area contributed by atoms with Gasteiger partial charge in [-0.1, -0.05) is 6.07 Å². The molecule has 1 atom stereocenters. The van der Waals surface area contributed by atoms with Gasteiger partial charge in [0.05, 0.1) is 12.5 Å². The molecule has 0 spiro atoms. The molecule has 1 unspecified atom stereocenters. The quantitative estimate of drug-likeness (QED) is 0.520. The number of benzene rings is 2. The Balaban J connectivity index is 1.23. The van der Waals surface area contributed by atoms with Crippen molar-refractivity contribution in [2.75, 3.05) is 48.2 Å². The van der Waals surface area contributed by atoms with Crippen molar-refractivity contribution in [3.05, 3.63) is 53.6 Å². The van der Waals surface area contributed by atoms with Gasteiger partial charge in [0.1, 0.15) is 12.4 Å². The molecule has 1 aliphatic heterocycles. The Bertz CT molecular complexity index is 1290. The smallest absolute Gasteiger partial charge is 0.229 e. The zero-order chi connectivity index (χ0) is 25.2. The molecule has 1 aliphatic carbocycles. The first kappa shape index (κ1) is 25.5. The normalized spacial score (nSPS) is 19.4. The number of sulfonamides is 2. The topological polar surface area (TPSA) is 122 Å². The Labute approximate surface area is 207 Å². The van der Waals surface area contributed by atoms with Crippen molar-refractivity contribution in [1.82, 2.24) is 4.90 Å². The number of hydrogen-bond acceptors (Lipinski definition) is 7. The van der Waals surface area contributed by atoms with Crippen LogP contribution in [0.2, 0.25) is 0 Å². The van der Waals surface area contributed by atoms with Crippen LogP contribution in [0.1, 0.15) is 28.8 Å². The van der Waals surface area contributed by atoms with E-state index in [1.807, 2.05) is 6.07 Å². The van der Waals surface area contributed by atoms with Crippen molar-refractivity contribution in [3.8, 4) is 5.75 Å². The number of ketones is 1. The number of carbonyl (C=O) groups is 1. The number of Topliss-reactive ketones (excluding diaryl/α,β-unsaturated/α-hetero) is 1. The van der Waals surface area contributed by atoms with Crippen LogP contribution in [-0.4, -0.2) is 66.3 Å². The fourth-order valence-electron chi connectivity index (χ4n) is 4.88. The van der Waals surface area contributed by atoms with Crippen LogP contribution in [0, 0.1) is 11.8 Å². The van der Waals surface area contributed by atoms with Crippen molar-refractivity contribution in [2.24, 2.45) is 11.8 Å². The maximum Gasteiger partial charge on any atom is 0.229 e. The van der Waals surface area contributed by atoms with Crippen LogP contribution >= 0.6 is 0 Å². The number of anilines is 2. The third kappa shape index (κ3) is 6.96. The van der Waals surface area contributed by atoms with Gasteiger partial charge in [-0.25, -0.2) is 16.8 Å². The van der Waals surface area contributed by atoms with Crippen LogP contribution in [0.5, 0.6) is 5.75 Å². The Morgan fingerprint density at radius 2 is 1.51 bits per heavy atom. The van der Waals surface area contributed by atoms with Gasteiger partial charge < -0.3 is 4.74 Å². The molecule has 9 nitrogen and oxygen atoms in total. The minimum absolute atomic E-state index is 0.0454. The number of rotatable bonds is 9. The number of fused-ring (bicyclic) bond motifs is 1. The molecular formula is C24H31N3O6S2. The third-order valence-corrected chi connectivity index (χ3v) is 7.70. The number of piperidine rings is 1. The van der Waals surface area contributed by atoms with Crippen LogP contribution in [0.4, 0.5) is 11.4 Å². The van der Waals surface area contributed by atoms with Crippen molar-refractivity contribution in [2.45, 2.75) is 19.3 Å². The van der Waals surface area contributed by atoms with E-state index in [1.54, 1.807) is 36.4 Å². The number of ether oxygens (including phenoxy) is 1. The summed E-state index contributed by atoms with van der Waals surface area (Å²) in [7, 11) is -6.69. The van der Waals surface area contributed by atoms with Gasteiger partial charge in [-0.15, -0.1) is 0 Å². The van der Waals surface area contributed by atoms with Gasteiger partial charge >= 0.3 is 0 Å². The highest BCUT2D eigenvalue weighted by Crippen LogP contribution is 2.37. The molecule has 2 aromatic rings. The third-order valence-electron chi connectivity index (χ3n) is 6.49. The molecule has 0 saturated carbocycles. The van der Waals surface area contributed by atoms with Crippen molar-refractivity contribution >= 4 is 37.2 Å². The zero-order valence-electron chi connectivity index (χ0n) is 19.9. The van der Waals surface area contributed by atoms with E-state index in [2.05, 4.69) is 14.3 Å². The van der Waals surface area contributed by atoms with Gasteiger partial charge in [-0.05, 0) is 80.2 Å². The summed E-state index contributed by atoms with van der Waals surface area (Å²) >= 11 is 0. The van der Waals surface area contributed by atoms with E-state index in [0.29, 0.717) is 41.6 Å². The number of carbonyl (C=O) groups excluding carboxylic acids is 1. The summed E-state index contributed by atoms with van der Waals surface area (Å²) in [5.74, 6) is 1.06. The number of nitrogens with zero attached hydrogens (tertiary/aromatic N) is 1. The molecule has 35 heavy (non-hydrogen) atoms. The number of hydrogen-bond donors (Lipinski definition) is 2. The maximum absolute atomic E-state index is 13.1. The predicted molar refractivity (Wildman–Crippen MR) is 136 cm³/mol. The molecule has 0 bridgehead atoms. The second kappa shape index (κ2) is 10.2. The van der Waals surface area contributed by atoms with Gasteiger partial charge in [0.15, 0.2) is 5.78 Å². The van der Waals surface area contributed by atoms with Crippen molar-refractivity contribution < 1.29 is 26.4 Å². The molecule has 0 aromatic heterocycles. The van der Waals surface area contributed by atoms with Gasteiger partial charge in [0.2, 0.25) is 20.0 Å². The zero-order valence-corrected chi connectivity index (χ0v) is 21.5. The number of likely N-dealkylation sites (tertiary alicyclic amines) is 1. The summed E-state index contributed by atoms with van der Waals surface area (Å²) in [5, 5.41) is 0. The summed E-state index contributed by atoms with van der Waals surface area (Å²) in [6.45, 7) is 3.08. The van der Waals surface area contributed by atoms with E-state index >= 15 is 0 Å². The van der Waals surface area contributed by atoms with E-state index in [9.17, 15) is 21.6 Å². The average molecular weight is 522 g/mol. The summed E-state index contributed by atoms with van der Waals surface area (Å²) < 4.78 is 56.3. The van der Waals surface area contributed by atoms with Crippen molar-refractivity contribution in [3.63, 3.8) is 0 Å². The van der Waals surface area contributed by atoms with Crippen LogP contribution < -0.4 is 14.2 Å². The molecule has 4 rings (SSSR count). The van der Waals surface area contributed by atoms with Gasteiger partial charge in [0, 0.05) is 29.4 Å². The van der Waals surface area contributed by atoms with E-state index in [1.165, 1.54) is 0 Å². The molecule has 2 aromatic carbocycles. The molecule has 190 valence electrons. The lowest BCUT2D eigenvalue weighted by Gasteiger charge is -2.34. The standard InChI is InChI=1S/C24H31N3O6S2/c1-34(29,30)25-19-5-7-21(8-6-19)33-14-13-27-11-9-17(10-12-27)22-15-18-3-4-20(26-35(2,31)32)16-23(18)24(22)28/h3-8,16-17,22,25-26H,9-15H2,1-2H3. The highest BCUT2D eigenvalue weighted by atomic mass is 32.2. The highest BCUT2D eigenvalue weighted by Gasteiger charge is 2.37. The first-order valence-electron chi connectivity index (χ1n) is 11.5. The fourth-order valence-corrected chi connectivity index (χ4v) is 6.00. The maximum atomic E-state index is 13.1. The van der Waals surface area contributed by atoms with E-state index in [-0.39, 0.29) is 11.7 Å². The molecule has 1 fully saturated rings. The Kier molecular flexibility index (Phi) is 7.39. The predicted octanol–water partition coefficient (Wildman–Crippen LogP) is 2.58. The monoisotopic (exact) mass is 521 g/mol. The van der Waals surface area contributed by atoms with Crippen LogP contribution in [0.3, 0.4) is 0 Å². The molecule has 1 heterocycles. The number of nitrogens with one attached hydrogen (secondary N) is 2. The largest absolute Gasteiger partial charge is 0.492 e. The Morgan fingerprint density at radius 1 is 0.914 bits per heavy atom. The lowest BCUT2D eigenvalue weighted by molar-refractivity contribution is 0.0809. The summed E-state index contributed by atoms with van der Waals surface area (Å²) in [6.07, 6.45) is 4.79. The first-order valence-corrected chi connectivity index (χ1v) is 15.3. The minimum Gasteiger partial charge on any atom is -0.492 e. The Morgan fingerprint density at radius 3 is 2.14 bits per heavy atom.